The molecular weight excluding hydrogens is 290 g/mol. The van der Waals surface area contributed by atoms with Gasteiger partial charge in [0.2, 0.25) is 0 Å². The molecule has 0 spiro atoms. The molecule has 3 heteroatoms. The molecule has 0 radical (unpaired) electrons. The predicted molar refractivity (Wildman–Crippen MR) is 77.7 cm³/mol. The average Bonchev–Trinajstić information content (AvgIpc) is 2.40. The van der Waals surface area contributed by atoms with Gasteiger partial charge in [0.1, 0.15) is 0 Å². The largest absolute Gasteiger partial charge is 0.341 e. The van der Waals surface area contributed by atoms with Gasteiger partial charge in [0.15, 0.2) is 0 Å². The molecule has 1 aliphatic carbocycles. The van der Waals surface area contributed by atoms with E-state index in [0.717, 1.165) is 16.6 Å². The highest BCUT2D eigenvalue weighted by molar-refractivity contribution is 9.10. The Labute approximate surface area is 117 Å². The monoisotopic (exact) mass is 309 g/mol. The van der Waals surface area contributed by atoms with Crippen LogP contribution < -0.4 is 0 Å². The summed E-state index contributed by atoms with van der Waals surface area (Å²) in [4.78, 5) is 14.1. The summed E-state index contributed by atoms with van der Waals surface area (Å²) in [6, 6.07) is 7.59. The molecule has 0 aliphatic heterocycles. The zero-order valence-corrected chi connectivity index (χ0v) is 12.4. The van der Waals surface area contributed by atoms with E-state index in [-0.39, 0.29) is 5.91 Å². The summed E-state index contributed by atoms with van der Waals surface area (Å²) in [6.07, 6.45) is 6.56. The van der Waals surface area contributed by atoms with Gasteiger partial charge in [0.25, 0.3) is 5.91 Å². The molecule has 0 atom stereocenters. The van der Waals surface area contributed by atoms with Gasteiger partial charge < -0.3 is 4.90 Å². The molecule has 98 valence electrons. The van der Waals surface area contributed by atoms with Gasteiger partial charge in [-0.15, -0.1) is 0 Å². The van der Waals surface area contributed by atoms with Crippen LogP contribution in [0.4, 0.5) is 0 Å². The first-order chi connectivity index (χ1) is 8.66. The van der Waals surface area contributed by atoms with Gasteiger partial charge in [-0.05, 0) is 43.0 Å². The molecule has 0 heterocycles. The first-order valence-corrected chi connectivity index (χ1v) is 7.47. The summed E-state index contributed by atoms with van der Waals surface area (Å²) in [7, 11) is 1.92. The summed E-state index contributed by atoms with van der Waals surface area (Å²) < 4.78 is 1.01. The molecule has 1 aromatic carbocycles. The summed E-state index contributed by atoms with van der Waals surface area (Å²) in [5.74, 6) is 0.830. The Morgan fingerprint density at radius 3 is 2.44 bits per heavy atom. The fraction of sp³-hybridized carbons (Fsp3) is 0.533. The van der Waals surface area contributed by atoms with Crippen molar-refractivity contribution in [2.45, 2.75) is 32.1 Å². The summed E-state index contributed by atoms with van der Waals surface area (Å²) in [6.45, 7) is 0.898. The third kappa shape index (κ3) is 3.58. The van der Waals surface area contributed by atoms with Crippen molar-refractivity contribution in [2.24, 2.45) is 5.92 Å². The standard InChI is InChI=1S/C15H20BrNO/c1-17(11-12-5-3-2-4-6-12)15(18)13-7-9-14(16)10-8-13/h7-10,12H,2-6,11H2,1H3. The SMILES string of the molecule is CN(CC1CCCCC1)C(=O)c1ccc(Br)cc1. The van der Waals surface area contributed by atoms with Gasteiger partial charge in [0, 0.05) is 23.6 Å². The highest BCUT2D eigenvalue weighted by Crippen LogP contribution is 2.24. The minimum absolute atomic E-state index is 0.132. The van der Waals surface area contributed by atoms with Crippen molar-refractivity contribution in [2.75, 3.05) is 13.6 Å². The van der Waals surface area contributed by atoms with E-state index in [0.29, 0.717) is 5.92 Å². The lowest BCUT2D eigenvalue weighted by Crippen LogP contribution is -2.32. The molecule has 0 saturated heterocycles. The zero-order chi connectivity index (χ0) is 13.0. The van der Waals surface area contributed by atoms with Crippen LogP contribution in [0.15, 0.2) is 28.7 Å². The number of hydrogen-bond donors (Lipinski definition) is 0. The van der Waals surface area contributed by atoms with Crippen LogP contribution in [0.5, 0.6) is 0 Å². The first-order valence-electron chi connectivity index (χ1n) is 6.68. The fourth-order valence-corrected chi connectivity index (χ4v) is 2.92. The number of hydrogen-bond acceptors (Lipinski definition) is 1. The van der Waals surface area contributed by atoms with Crippen molar-refractivity contribution in [1.29, 1.82) is 0 Å². The molecule has 1 aromatic rings. The zero-order valence-electron chi connectivity index (χ0n) is 10.9. The third-order valence-corrected chi connectivity index (χ3v) is 4.22. The maximum absolute atomic E-state index is 12.2. The maximum Gasteiger partial charge on any atom is 0.253 e. The van der Waals surface area contributed by atoms with Crippen molar-refractivity contribution >= 4 is 21.8 Å². The smallest absolute Gasteiger partial charge is 0.253 e. The highest BCUT2D eigenvalue weighted by Gasteiger charge is 2.18. The van der Waals surface area contributed by atoms with Crippen molar-refractivity contribution in [3.05, 3.63) is 34.3 Å². The van der Waals surface area contributed by atoms with Crippen molar-refractivity contribution in [3.63, 3.8) is 0 Å². The van der Waals surface area contributed by atoms with Crippen LogP contribution in [-0.2, 0) is 0 Å². The van der Waals surface area contributed by atoms with Crippen LogP contribution in [0.2, 0.25) is 0 Å². The lowest BCUT2D eigenvalue weighted by Gasteiger charge is -2.27. The Morgan fingerprint density at radius 1 is 1.22 bits per heavy atom. The quantitative estimate of drug-likeness (QED) is 0.823. The molecule has 1 saturated carbocycles. The molecule has 1 amide bonds. The lowest BCUT2D eigenvalue weighted by molar-refractivity contribution is 0.0760. The molecule has 0 unspecified atom stereocenters. The summed E-state index contributed by atoms with van der Waals surface area (Å²) in [5.41, 5.74) is 0.775. The van der Waals surface area contributed by atoms with Crippen LogP contribution >= 0.6 is 15.9 Å². The predicted octanol–water partition coefficient (Wildman–Crippen LogP) is 4.10. The molecule has 18 heavy (non-hydrogen) atoms. The summed E-state index contributed by atoms with van der Waals surface area (Å²) in [5, 5.41) is 0. The van der Waals surface area contributed by atoms with Gasteiger partial charge in [-0.2, -0.15) is 0 Å². The Hall–Kier alpha value is -0.830. The highest BCUT2D eigenvalue weighted by atomic mass is 79.9. The number of amides is 1. The van der Waals surface area contributed by atoms with E-state index in [1.165, 1.54) is 32.1 Å². The number of rotatable bonds is 3. The first kappa shape index (κ1) is 13.6. The van der Waals surface area contributed by atoms with E-state index in [1.807, 2.05) is 36.2 Å². The minimum Gasteiger partial charge on any atom is -0.341 e. The Kier molecular flexibility index (Phi) is 4.81. The molecule has 2 rings (SSSR count). The number of halogens is 1. The van der Waals surface area contributed by atoms with Gasteiger partial charge >= 0.3 is 0 Å². The van der Waals surface area contributed by atoms with Gasteiger partial charge in [-0.1, -0.05) is 35.2 Å². The molecule has 0 bridgehead atoms. The van der Waals surface area contributed by atoms with Gasteiger partial charge in [-0.3, -0.25) is 4.79 Å². The van der Waals surface area contributed by atoms with E-state index in [9.17, 15) is 4.79 Å². The van der Waals surface area contributed by atoms with Crippen LogP contribution in [0.25, 0.3) is 0 Å². The number of carbonyl (C=O) groups excluding carboxylic acids is 1. The van der Waals surface area contributed by atoms with Crippen LogP contribution in [0, 0.1) is 5.92 Å². The lowest BCUT2D eigenvalue weighted by atomic mass is 9.89. The Bertz CT molecular complexity index is 395. The van der Waals surface area contributed by atoms with Gasteiger partial charge in [-0.25, -0.2) is 0 Å². The molecule has 1 aliphatic rings. The molecule has 2 nitrogen and oxygen atoms in total. The molecule has 1 fully saturated rings. The van der Waals surface area contributed by atoms with Crippen molar-refractivity contribution in [3.8, 4) is 0 Å². The number of benzene rings is 1. The second-order valence-electron chi connectivity index (χ2n) is 5.20. The molecule has 0 N–H and O–H groups in total. The fourth-order valence-electron chi connectivity index (χ4n) is 2.65. The topological polar surface area (TPSA) is 20.3 Å². The summed E-state index contributed by atoms with van der Waals surface area (Å²) >= 11 is 3.39. The van der Waals surface area contributed by atoms with Crippen molar-refractivity contribution in [1.82, 2.24) is 4.90 Å². The van der Waals surface area contributed by atoms with E-state index >= 15 is 0 Å². The number of carbonyl (C=O) groups is 1. The molecular formula is C15H20BrNO. The van der Waals surface area contributed by atoms with Crippen LogP contribution in [0.3, 0.4) is 0 Å². The van der Waals surface area contributed by atoms with Gasteiger partial charge in [0.05, 0.1) is 0 Å². The van der Waals surface area contributed by atoms with E-state index in [1.54, 1.807) is 0 Å². The Balaban J connectivity index is 1.93. The van der Waals surface area contributed by atoms with Crippen LogP contribution in [0.1, 0.15) is 42.5 Å². The van der Waals surface area contributed by atoms with Crippen LogP contribution in [-0.4, -0.2) is 24.4 Å². The number of nitrogens with zero attached hydrogens (tertiary/aromatic N) is 1. The normalized spacial score (nSPS) is 16.6. The van der Waals surface area contributed by atoms with E-state index < -0.39 is 0 Å². The second-order valence-corrected chi connectivity index (χ2v) is 6.11. The minimum atomic E-state index is 0.132. The third-order valence-electron chi connectivity index (χ3n) is 3.69. The maximum atomic E-state index is 12.2. The average molecular weight is 310 g/mol. The van der Waals surface area contributed by atoms with E-state index in [2.05, 4.69) is 15.9 Å². The molecule has 0 aromatic heterocycles. The Morgan fingerprint density at radius 2 is 1.83 bits per heavy atom. The van der Waals surface area contributed by atoms with Crippen molar-refractivity contribution < 1.29 is 4.79 Å². The second kappa shape index (κ2) is 6.37. The van der Waals surface area contributed by atoms with E-state index in [4.69, 9.17) is 0 Å².